The molecule has 174 valence electrons. The molecule has 0 N–H and O–H groups in total. The molecule has 0 radical (unpaired) electrons. The standard InChI is InChI=1S/C25H34NO6/c1-26(12-10-25(27)32-6)11-9-18-15-23(30-4)24(31-5)16-19(18)20(26)13-17-7-8-21(28-2)22(14-17)29-3/h7-8,14-16,20H,9-13H2,1-6H3/q+1/t20-,26+/m1/s1. The van der Waals surface area contributed by atoms with Crippen LogP contribution in [0.5, 0.6) is 23.0 Å². The minimum atomic E-state index is -0.188. The molecule has 2 atom stereocenters. The van der Waals surface area contributed by atoms with Crippen LogP contribution in [-0.4, -0.2) is 66.1 Å². The van der Waals surface area contributed by atoms with Crippen molar-refractivity contribution in [1.82, 2.24) is 0 Å². The summed E-state index contributed by atoms with van der Waals surface area (Å²) < 4.78 is 27.7. The third kappa shape index (κ3) is 4.78. The Labute approximate surface area is 190 Å². The summed E-state index contributed by atoms with van der Waals surface area (Å²) in [5.74, 6) is 2.67. The number of benzene rings is 2. The summed E-state index contributed by atoms with van der Waals surface area (Å²) in [6, 6.07) is 10.3. The highest BCUT2D eigenvalue weighted by molar-refractivity contribution is 5.69. The van der Waals surface area contributed by atoms with Gasteiger partial charge in [-0.05, 0) is 35.4 Å². The van der Waals surface area contributed by atoms with Crippen molar-refractivity contribution in [1.29, 1.82) is 0 Å². The number of fused-ring (bicyclic) bond motifs is 1. The molecule has 0 unspecified atom stereocenters. The van der Waals surface area contributed by atoms with Crippen LogP contribution < -0.4 is 18.9 Å². The van der Waals surface area contributed by atoms with Crippen molar-refractivity contribution in [3.05, 3.63) is 47.0 Å². The number of likely N-dealkylation sites (N-methyl/N-ethyl adjacent to an activating group) is 1. The lowest BCUT2D eigenvalue weighted by atomic mass is 9.86. The van der Waals surface area contributed by atoms with Gasteiger partial charge in [0, 0.05) is 18.4 Å². The second kappa shape index (κ2) is 10.1. The monoisotopic (exact) mass is 444 g/mol. The van der Waals surface area contributed by atoms with E-state index in [1.54, 1.807) is 28.4 Å². The third-order valence-electron chi connectivity index (χ3n) is 6.58. The number of nitrogens with zero attached hydrogens (tertiary/aromatic N) is 1. The Morgan fingerprint density at radius 1 is 0.906 bits per heavy atom. The van der Waals surface area contributed by atoms with Gasteiger partial charge in [0.05, 0.1) is 62.1 Å². The average Bonchev–Trinajstić information content (AvgIpc) is 2.83. The number of ether oxygens (including phenoxy) is 5. The molecular weight excluding hydrogens is 410 g/mol. The summed E-state index contributed by atoms with van der Waals surface area (Å²) in [5, 5.41) is 0. The molecule has 7 nitrogen and oxygen atoms in total. The Balaban J connectivity index is 2.04. The Morgan fingerprint density at radius 2 is 1.53 bits per heavy atom. The van der Waals surface area contributed by atoms with Gasteiger partial charge >= 0.3 is 5.97 Å². The molecule has 0 saturated carbocycles. The zero-order chi connectivity index (χ0) is 23.3. The highest BCUT2D eigenvalue weighted by Crippen LogP contribution is 2.43. The fourth-order valence-electron chi connectivity index (χ4n) is 4.61. The van der Waals surface area contributed by atoms with Crippen LogP contribution in [0.25, 0.3) is 0 Å². The molecule has 0 spiro atoms. The van der Waals surface area contributed by atoms with Crippen LogP contribution in [0.4, 0.5) is 0 Å². The first-order valence-electron chi connectivity index (χ1n) is 10.8. The number of methoxy groups -OCH3 is 5. The molecular formula is C25H34NO6+. The van der Waals surface area contributed by atoms with Crippen molar-refractivity contribution in [2.45, 2.75) is 25.3 Å². The topological polar surface area (TPSA) is 63.2 Å². The first-order chi connectivity index (χ1) is 15.4. The van der Waals surface area contributed by atoms with Gasteiger partial charge in [0.25, 0.3) is 0 Å². The second-order valence-corrected chi connectivity index (χ2v) is 8.32. The molecule has 0 bridgehead atoms. The van der Waals surface area contributed by atoms with Gasteiger partial charge in [-0.3, -0.25) is 4.79 Å². The summed E-state index contributed by atoms with van der Waals surface area (Å²) >= 11 is 0. The molecule has 0 aromatic heterocycles. The van der Waals surface area contributed by atoms with Crippen LogP contribution in [0.3, 0.4) is 0 Å². The van der Waals surface area contributed by atoms with Gasteiger partial charge in [-0.2, -0.15) is 0 Å². The molecule has 2 aromatic carbocycles. The van der Waals surface area contributed by atoms with E-state index < -0.39 is 0 Å². The smallest absolute Gasteiger partial charge is 0.311 e. The van der Waals surface area contributed by atoms with Crippen LogP contribution in [0.15, 0.2) is 30.3 Å². The van der Waals surface area contributed by atoms with Crippen LogP contribution in [-0.2, 0) is 22.4 Å². The van der Waals surface area contributed by atoms with Crippen molar-refractivity contribution in [3.8, 4) is 23.0 Å². The number of rotatable bonds is 9. The first kappa shape index (κ1) is 23.7. The Bertz CT molecular complexity index is 960. The summed E-state index contributed by atoms with van der Waals surface area (Å²) in [5.41, 5.74) is 3.61. The average molecular weight is 445 g/mol. The normalized spacial score (nSPS) is 19.6. The summed E-state index contributed by atoms with van der Waals surface area (Å²) in [7, 11) is 10.2. The largest absolute Gasteiger partial charge is 0.493 e. The highest BCUT2D eigenvalue weighted by Gasteiger charge is 2.40. The van der Waals surface area contributed by atoms with Crippen molar-refractivity contribution in [2.75, 3.05) is 55.7 Å². The van der Waals surface area contributed by atoms with Gasteiger partial charge < -0.3 is 28.2 Å². The fourth-order valence-corrected chi connectivity index (χ4v) is 4.61. The number of hydrogen-bond donors (Lipinski definition) is 0. The van der Waals surface area contributed by atoms with Crippen LogP contribution >= 0.6 is 0 Å². The molecule has 0 aliphatic carbocycles. The quantitative estimate of drug-likeness (QED) is 0.435. The van der Waals surface area contributed by atoms with Gasteiger partial charge in [-0.15, -0.1) is 0 Å². The molecule has 32 heavy (non-hydrogen) atoms. The van der Waals surface area contributed by atoms with Crippen LogP contribution in [0, 0.1) is 0 Å². The van der Waals surface area contributed by atoms with Gasteiger partial charge in [-0.25, -0.2) is 0 Å². The molecule has 0 amide bonds. The predicted molar refractivity (Wildman–Crippen MR) is 122 cm³/mol. The van der Waals surface area contributed by atoms with E-state index in [4.69, 9.17) is 23.7 Å². The minimum absolute atomic E-state index is 0.126. The maximum Gasteiger partial charge on any atom is 0.311 e. The van der Waals surface area contributed by atoms with E-state index in [0.717, 1.165) is 35.2 Å². The molecule has 1 heterocycles. The number of carbonyl (C=O) groups excluding carboxylic acids is 1. The summed E-state index contributed by atoms with van der Waals surface area (Å²) in [4.78, 5) is 11.9. The van der Waals surface area contributed by atoms with E-state index in [1.807, 2.05) is 12.1 Å². The van der Waals surface area contributed by atoms with E-state index in [9.17, 15) is 4.79 Å². The molecule has 2 aromatic rings. The Kier molecular flexibility index (Phi) is 7.51. The zero-order valence-corrected chi connectivity index (χ0v) is 19.9. The van der Waals surface area contributed by atoms with E-state index in [0.29, 0.717) is 30.2 Å². The van der Waals surface area contributed by atoms with Gasteiger partial charge in [0.2, 0.25) is 0 Å². The van der Waals surface area contributed by atoms with Crippen LogP contribution in [0.1, 0.15) is 29.2 Å². The van der Waals surface area contributed by atoms with E-state index in [2.05, 4.69) is 25.2 Å². The maximum absolute atomic E-state index is 11.9. The molecule has 7 heteroatoms. The molecule has 3 rings (SSSR count). The molecule has 0 fully saturated rings. The lowest BCUT2D eigenvalue weighted by molar-refractivity contribution is -0.940. The third-order valence-corrected chi connectivity index (χ3v) is 6.58. The van der Waals surface area contributed by atoms with Crippen molar-refractivity contribution < 1.29 is 33.0 Å². The zero-order valence-electron chi connectivity index (χ0n) is 19.9. The van der Waals surface area contributed by atoms with Gasteiger partial charge in [0.1, 0.15) is 6.04 Å². The van der Waals surface area contributed by atoms with Crippen molar-refractivity contribution in [2.24, 2.45) is 0 Å². The van der Waals surface area contributed by atoms with Gasteiger partial charge in [-0.1, -0.05) is 6.07 Å². The SMILES string of the molecule is COC(=O)CC[N@+]1(C)CCc2cc(OC)c(OC)cc2[C@H]1Cc1ccc(OC)c(OC)c1. The van der Waals surface area contributed by atoms with E-state index in [1.165, 1.54) is 18.2 Å². The minimum Gasteiger partial charge on any atom is -0.493 e. The second-order valence-electron chi connectivity index (χ2n) is 8.32. The predicted octanol–water partition coefficient (Wildman–Crippen LogP) is 3.57. The van der Waals surface area contributed by atoms with Crippen molar-refractivity contribution in [3.63, 3.8) is 0 Å². The molecule has 0 saturated heterocycles. The first-order valence-corrected chi connectivity index (χ1v) is 10.8. The fraction of sp³-hybridized carbons (Fsp3) is 0.480. The lowest BCUT2D eigenvalue weighted by Crippen LogP contribution is -2.53. The maximum atomic E-state index is 11.9. The van der Waals surface area contributed by atoms with Crippen molar-refractivity contribution >= 4 is 5.97 Å². The summed E-state index contributed by atoms with van der Waals surface area (Å²) in [6.07, 6.45) is 2.05. The number of hydrogen-bond acceptors (Lipinski definition) is 6. The van der Waals surface area contributed by atoms with E-state index >= 15 is 0 Å². The number of esters is 1. The molecule has 1 aliphatic heterocycles. The number of quaternary nitrogens is 1. The Hall–Kier alpha value is -2.93. The van der Waals surface area contributed by atoms with Crippen LogP contribution in [0.2, 0.25) is 0 Å². The lowest BCUT2D eigenvalue weighted by Gasteiger charge is -2.46. The molecule has 1 aliphatic rings. The highest BCUT2D eigenvalue weighted by atomic mass is 16.5. The Morgan fingerprint density at radius 3 is 2.16 bits per heavy atom. The summed E-state index contributed by atoms with van der Waals surface area (Å²) in [6.45, 7) is 1.61. The van der Waals surface area contributed by atoms with E-state index in [-0.39, 0.29) is 12.0 Å². The number of carbonyl (C=O) groups is 1. The van der Waals surface area contributed by atoms with Gasteiger partial charge in [0.15, 0.2) is 23.0 Å².